The molecule has 3 unspecified atom stereocenters. The zero-order chi connectivity index (χ0) is 18.3. The molecule has 0 bridgehead atoms. The molecule has 1 spiro atoms. The normalized spacial score (nSPS) is 26.5. The fourth-order valence-corrected chi connectivity index (χ4v) is 2.81. The molecule has 0 aliphatic carbocycles. The molecule has 4 N–H and O–H groups in total. The van der Waals surface area contributed by atoms with Gasteiger partial charge >= 0.3 is 6.09 Å². The molecule has 0 aromatic rings. The van der Waals surface area contributed by atoms with Crippen LogP contribution in [0, 0.1) is 0 Å². The topological polar surface area (TPSA) is 125 Å². The van der Waals surface area contributed by atoms with Crippen molar-refractivity contribution in [1.82, 2.24) is 15.1 Å². The lowest BCUT2D eigenvalue weighted by Crippen LogP contribution is -2.81. The number of nitrogens with one attached hydrogen (secondary N) is 1. The van der Waals surface area contributed by atoms with Crippen LogP contribution in [0.5, 0.6) is 0 Å². The first-order chi connectivity index (χ1) is 11.0. The smallest absolute Gasteiger partial charge is 0.410 e. The minimum Gasteiger partial charge on any atom is -0.444 e. The molecule has 0 radical (unpaired) electrons. The van der Waals surface area contributed by atoms with Crippen LogP contribution in [0.4, 0.5) is 4.79 Å². The Morgan fingerprint density at radius 1 is 1.38 bits per heavy atom. The van der Waals surface area contributed by atoms with Crippen LogP contribution in [0.2, 0.25) is 0 Å². The SMILES string of the molecule is CC(O)C(N)C(=O)N1CCN(C(=O)OC(C)(C)C)CC12CNC2=O. The average Bonchev–Trinajstić information content (AvgIpc) is 2.49. The predicted molar refractivity (Wildman–Crippen MR) is 84.9 cm³/mol. The lowest BCUT2D eigenvalue weighted by molar-refractivity contribution is -0.163. The first-order valence-corrected chi connectivity index (χ1v) is 7.99. The number of aliphatic hydroxyl groups excluding tert-OH is 1. The fraction of sp³-hybridized carbons (Fsp3) is 0.800. The Labute approximate surface area is 141 Å². The zero-order valence-corrected chi connectivity index (χ0v) is 14.5. The van der Waals surface area contributed by atoms with E-state index in [-0.39, 0.29) is 32.1 Å². The second-order valence-corrected chi connectivity index (χ2v) is 7.37. The summed E-state index contributed by atoms with van der Waals surface area (Å²) in [5.41, 5.74) is 3.95. The van der Waals surface area contributed by atoms with E-state index in [1.807, 2.05) is 0 Å². The first-order valence-electron chi connectivity index (χ1n) is 7.99. The minimum atomic E-state index is -1.14. The summed E-state index contributed by atoms with van der Waals surface area (Å²) in [6, 6.07) is -1.11. The van der Waals surface area contributed by atoms with Crippen LogP contribution in [-0.4, -0.2) is 82.3 Å². The van der Waals surface area contributed by atoms with Gasteiger partial charge < -0.3 is 30.7 Å². The van der Waals surface area contributed by atoms with E-state index in [0.29, 0.717) is 0 Å². The molecule has 2 fully saturated rings. The van der Waals surface area contributed by atoms with Crippen LogP contribution >= 0.6 is 0 Å². The van der Waals surface area contributed by atoms with E-state index >= 15 is 0 Å². The summed E-state index contributed by atoms with van der Waals surface area (Å²) in [5.74, 6) is -0.828. The molecule has 3 atom stereocenters. The van der Waals surface area contributed by atoms with Gasteiger partial charge in [0.05, 0.1) is 19.2 Å². The van der Waals surface area contributed by atoms with Gasteiger partial charge in [0.25, 0.3) is 0 Å². The Balaban J connectivity index is 2.17. The van der Waals surface area contributed by atoms with Crippen LogP contribution in [-0.2, 0) is 14.3 Å². The third-order valence-electron chi connectivity index (χ3n) is 4.25. The van der Waals surface area contributed by atoms with E-state index in [9.17, 15) is 19.5 Å². The molecule has 2 saturated heterocycles. The van der Waals surface area contributed by atoms with Crippen molar-refractivity contribution in [3.8, 4) is 0 Å². The van der Waals surface area contributed by atoms with Crippen molar-refractivity contribution in [2.75, 3.05) is 26.2 Å². The van der Waals surface area contributed by atoms with Crippen LogP contribution < -0.4 is 11.1 Å². The maximum atomic E-state index is 12.5. The minimum absolute atomic E-state index is 0.0476. The zero-order valence-electron chi connectivity index (χ0n) is 14.5. The van der Waals surface area contributed by atoms with Gasteiger partial charge in [-0.05, 0) is 27.7 Å². The van der Waals surface area contributed by atoms with Gasteiger partial charge in [-0.3, -0.25) is 9.59 Å². The molecule has 2 heterocycles. The number of rotatable bonds is 2. The van der Waals surface area contributed by atoms with Crippen molar-refractivity contribution in [2.45, 2.75) is 51.0 Å². The van der Waals surface area contributed by atoms with Crippen molar-refractivity contribution in [3.05, 3.63) is 0 Å². The molecule has 24 heavy (non-hydrogen) atoms. The largest absolute Gasteiger partial charge is 0.444 e. The van der Waals surface area contributed by atoms with Gasteiger partial charge in [-0.15, -0.1) is 0 Å². The van der Waals surface area contributed by atoms with Gasteiger partial charge in [0, 0.05) is 13.1 Å². The molecule has 3 amide bonds. The highest BCUT2D eigenvalue weighted by Crippen LogP contribution is 2.29. The standard InChI is InChI=1S/C15H26N4O5/c1-9(20)10(16)11(21)19-6-5-18(13(23)24-14(2,3)4)8-15(19)7-17-12(15)22/h9-10,20H,5-8,16H2,1-4H3,(H,17,22). The molecule has 2 aliphatic heterocycles. The second-order valence-electron chi connectivity index (χ2n) is 7.37. The highest BCUT2D eigenvalue weighted by atomic mass is 16.6. The molecule has 0 aromatic heterocycles. The van der Waals surface area contributed by atoms with Crippen molar-refractivity contribution in [1.29, 1.82) is 0 Å². The Hall–Kier alpha value is -1.87. The Bertz CT molecular complexity index is 544. The number of amides is 3. The van der Waals surface area contributed by atoms with Gasteiger partial charge in [-0.2, -0.15) is 0 Å². The summed E-state index contributed by atoms with van der Waals surface area (Å²) >= 11 is 0. The Morgan fingerprint density at radius 2 is 2.00 bits per heavy atom. The maximum Gasteiger partial charge on any atom is 0.410 e. The molecule has 9 heteroatoms. The van der Waals surface area contributed by atoms with Crippen molar-refractivity contribution < 1.29 is 24.2 Å². The second kappa shape index (κ2) is 6.21. The lowest BCUT2D eigenvalue weighted by Gasteiger charge is -2.54. The molecule has 9 nitrogen and oxygen atoms in total. The Kier molecular flexibility index (Phi) is 4.78. The quantitative estimate of drug-likeness (QED) is 0.533. The monoisotopic (exact) mass is 342 g/mol. The number of hydrogen-bond donors (Lipinski definition) is 3. The van der Waals surface area contributed by atoms with Crippen LogP contribution in [0.25, 0.3) is 0 Å². The van der Waals surface area contributed by atoms with E-state index in [2.05, 4.69) is 5.32 Å². The number of piperazine rings is 1. The van der Waals surface area contributed by atoms with Gasteiger partial charge in [0.1, 0.15) is 11.6 Å². The van der Waals surface area contributed by atoms with Crippen LogP contribution in [0.1, 0.15) is 27.7 Å². The third kappa shape index (κ3) is 3.32. The fourth-order valence-electron chi connectivity index (χ4n) is 2.81. The molecule has 0 aromatic carbocycles. The summed E-state index contributed by atoms with van der Waals surface area (Å²) in [6.07, 6.45) is -1.55. The summed E-state index contributed by atoms with van der Waals surface area (Å²) in [6.45, 7) is 7.39. The summed E-state index contributed by atoms with van der Waals surface area (Å²) < 4.78 is 5.34. The van der Waals surface area contributed by atoms with E-state index < -0.39 is 35.3 Å². The number of nitrogens with zero attached hydrogens (tertiary/aromatic N) is 2. The number of ether oxygens (including phenoxy) is 1. The molecule has 136 valence electrons. The highest BCUT2D eigenvalue weighted by molar-refractivity contribution is 5.98. The van der Waals surface area contributed by atoms with Crippen molar-refractivity contribution >= 4 is 17.9 Å². The van der Waals surface area contributed by atoms with E-state index in [0.717, 1.165) is 0 Å². The molecular weight excluding hydrogens is 316 g/mol. The maximum absolute atomic E-state index is 12.5. The number of carbonyl (C=O) groups is 3. The lowest BCUT2D eigenvalue weighted by atomic mass is 9.85. The highest BCUT2D eigenvalue weighted by Gasteiger charge is 2.57. The third-order valence-corrected chi connectivity index (χ3v) is 4.25. The number of β-lactam (4-membered cyclic amide) rings is 1. The number of aliphatic hydroxyl groups is 1. The van der Waals surface area contributed by atoms with Gasteiger partial charge in [-0.1, -0.05) is 0 Å². The van der Waals surface area contributed by atoms with E-state index in [4.69, 9.17) is 10.5 Å². The van der Waals surface area contributed by atoms with Gasteiger partial charge in [-0.25, -0.2) is 4.79 Å². The van der Waals surface area contributed by atoms with Crippen molar-refractivity contribution in [3.63, 3.8) is 0 Å². The van der Waals surface area contributed by atoms with Crippen LogP contribution in [0.3, 0.4) is 0 Å². The Morgan fingerprint density at radius 3 is 2.42 bits per heavy atom. The van der Waals surface area contributed by atoms with Crippen LogP contribution in [0.15, 0.2) is 0 Å². The van der Waals surface area contributed by atoms with Gasteiger partial charge in [0.15, 0.2) is 5.54 Å². The predicted octanol–water partition coefficient (Wildman–Crippen LogP) is -1.36. The molecular formula is C15H26N4O5. The number of hydrogen-bond acceptors (Lipinski definition) is 6. The van der Waals surface area contributed by atoms with E-state index in [1.165, 1.54) is 16.7 Å². The number of nitrogens with two attached hydrogens (primary N) is 1. The molecule has 0 saturated carbocycles. The number of carbonyl (C=O) groups excluding carboxylic acids is 3. The summed E-state index contributed by atoms with van der Waals surface area (Å²) in [4.78, 5) is 39.8. The summed E-state index contributed by atoms with van der Waals surface area (Å²) in [5, 5.41) is 12.2. The summed E-state index contributed by atoms with van der Waals surface area (Å²) in [7, 11) is 0. The molecule has 2 rings (SSSR count). The first kappa shape index (κ1) is 18.5. The van der Waals surface area contributed by atoms with Crippen molar-refractivity contribution in [2.24, 2.45) is 5.73 Å². The average molecular weight is 342 g/mol. The van der Waals surface area contributed by atoms with E-state index in [1.54, 1.807) is 20.8 Å². The van der Waals surface area contributed by atoms with Gasteiger partial charge in [0.2, 0.25) is 11.8 Å². The molecule has 2 aliphatic rings.